The second-order valence-corrected chi connectivity index (χ2v) is 13.2. The first-order valence-corrected chi connectivity index (χ1v) is 14.4. The second kappa shape index (κ2) is 8.14. The van der Waals surface area contributed by atoms with Crippen LogP contribution in [0.1, 0.15) is 80.0 Å². The van der Waals surface area contributed by atoms with E-state index >= 15 is 0 Å². The summed E-state index contributed by atoms with van der Waals surface area (Å²) in [5.74, 6) is 0.116. The Morgan fingerprint density at radius 3 is 1.75 bits per heavy atom. The van der Waals surface area contributed by atoms with Gasteiger partial charge in [-0.15, -0.1) is 0 Å². The third kappa shape index (κ3) is 3.82. The van der Waals surface area contributed by atoms with Gasteiger partial charge in [-0.05, 0) is 102 Å². The molecule has 6 rings (SSSR count). The van der Waals surface area contributed by atoms with Gasteiger partial charge in [-0.3, -0.25) is 0 Å². The van der Waals surface area contributed by atoms with Crippen LogP contribution in [0.25, 0.3) is 11.1 Å². The van der Waals surface area contributed by atoms with Gasteiger partial charge in [-0.25, -0.2) is 0 Å². The summed E-state index contributed by atoms with van der Waals surface area (Å²) in [4.78, 5) is 0. The zero-order chi connectivity index (χ0) is 25.3. The number of hydrogen-bond acceptors (Lipinski definition) is 4. The maximum atomic E-state index is 13.2. The van der Waals surface area contributed by atoms with Crippen LogP contribution in [0.15, 0.2) is 24.3 Å². The van der Waals surface area contributed by atoms with Crippen molar-refractivity contribution in [2.75, 3.05) is 0 Å². The number of phenolic OH excluding ortho intramolecular Hbond substituents is 1. The minimum atomic E-state index is -5.76. The predicted molar refractivity (Wildman–Crippen MR) is 130 cm³/mol. The molecule has 2 fully saturated rings. The first-order valence-electron chi connectivity index (χ1n) is 13.0. The van der Waals surface area contributed by atoms with Gasteiger partial charge < -0.3 is 9.29 Å². The average Bonchev–Trinajstić information content (AvgIpc) is 3.53. The van der Waals surface area contributed by atoms with E-state index in [1.54, 1.807) is 12.1 Å². The molecular weight excluding hydrogens is 489 g/mol. The topological polar surface area (TPSA) is 63.6 Å². The molecule has 36 heavy (non-hydrogen) atoms. The maximum Gasteiger partial charge on any atom is 0.534 e. The minimum Gasteiger partial charge on any atom is -0.508 e. The van der Waals surface area contributed by atoms with E-state index in [4.69, 9.17) is 4.18 Å². The average molecular weight is 521 g/mol. The summed E-state index contributed by atoms with van der Waals surface area (Å²) in [6.45, 7) is 0. The Bertz CT molecular complexity index is 1320. The van der Waals surface area contributed by atoms with Gasteiger partial charge in [0, 0.05) is 5.56 Å². The summed E-state index contributed by atoms with van der Waals surface area (Å²) in [6, 6.07) is 6.79. The lowest BCUT2D eigenvalue weighted by molar-refractivity contribution is -0.0500. The molecular formula is C28H31F3O4S. The Balaban J connectivity index is 1.47. The molecule has 2 spiro atoms. The fourth-order valence-electron chi connectivity index (χ4n) is 7.65. The maximum absolute atomic E-state index is 13.2. The molecule has 0 bridgehead atoms. The highest BCUT2D eigenvalue weighted by Gasteiger charge is 2.50. The van der Waals surface area contributed by atoms with E-state index in [2.05, 4.69) is 0 Å². The van der Waals surface area contributed by atoms with E-state index in [1.165, 1.54) is 18.9 Å². The van der Waals surface area contributed by atoms with Gasteiger partial charge in [0.15, 0.2) is 0 Å². The van der Waals surface area contributed by atoms with Gasteiger partial charge in [0.1, 0.15) is 11.5 Å². The van der Waals surface area contributed by atoms with Crippen molar-refractivity contribution in [3.05, 3.63) is 46.5 Å². The van der Waals surface area contributed by atoms with Gasteiger partial charge in [-0.2, -0.15) is 21.6 Å². The molecule has 1 N–H and O–H groups in total. The number of hydrogen-bond donors (Lipinski definition) is 1. The lowest BCUT2D eigenvalue weighted by atomic mass is 9.72. The van der Waals surface area contributed by atoms with Gasteiger partial charge >= 0.3 is 15.6 Å². The Kier molecular flexibility index (Phi) is 5.46. The lowest BCUT2D eigenvalue weighted by Crippen LogP contribution is -2.28. The van der Waals surface area contributed by atoms with Crippen LogP contribution in [-0.2, 0) is 35.8 Å². The van der Waals surface area contributed by atoms with Crippen molar-refractivity contribution in [1.29, 1.82) is 0 Å². The fraction of sp³-hybridized carbons (Fsp3) is 0.571. The Labute approximate surface area is 210 Å². The normalized spacial score (nSPS) is 22.2. The number of aromatic hydroxyl groups is 1. The highest BCUT2D eigenvalue weighted by molar-refractivity contribution is 7.88. The highest BCUT2D eigenvalue weighted by atomic mass is 32.2. The first kappa shape index (κ1) is 24.1. The van der Waals surface area contributed by atoms with Crippen LogP contribution in [0.4, 0.5) is 13.2 Å². The van der Waals surface area contributed by atoms with Crippen LogP contribution in [0.5, 0.6) is 11.5 Å². The summed E-state index contributed by atoms with van der Waals surface area (Å²) >= 11 is 0. The monoisotopic (exact) mass is 520 g/mol. The molecule has 194 valence electrons. The van der Waals surface area contributed by atoms with Gasteiger partial charge in [-0.1, -0.05) is 44.2 Å². The van der Waals surface area contributed by atoms with Crippen LogP contribution in [0, 0.1) is 10.8 Å². The largest absolute Gasteiger partial charge is 0.534 e. The third-order valence-electron chi connectivity index (χ3n) is 9.35. The van der Waals surface area contributed by atoms with Crippen molar-refractivity contribution >= 4 is 10.1 Å². The number of fused-ring (bicyclic) bond motifs is 2. The number of rotatable bonds is 3. The molecule has 0 saturated heterocycles. The quantitative estimate of drug-likeness (QED) is 0.350. The highest BCUT2D eigenvalue weighted by Crippen LogP contribution is 2.56. The molecule has 2 saturated carbocycles. The molecule has 4 nitrogen and oxygen atoms in total. The third-order valence-corrected chi connectivity index (χ3v) is 10.3. The standard InChI is InChI=1S/C28H31F3O4S/c29-28(30,31)36(33,34)35-25-9-7-19(21-15-27(17-23(21)25)10-2-1-3-11-27)18-6-8-24(32)22-16-26(14-20(18)22)12-4-5-13-26/h6-9,32H,1-5,10-17H2. The van der Waals surface area contributed by atoms with E-state index in [9.17, 15) is 26.7 Å². The van der Waals surface area contributed by atoms with Crippen LogP contribution < -0.4 is 4.18 Å². The molecule has 0 radical (unpaired) electrons. The summed E-state index contributed by atoms with van der Waals surface area (Å²) in [7, 11) is -5.76. The second-order valence-electron chi connectivity index (χ2n) is 11.6. The van der Waals surface area contributed by atoms with Crippen molar-refractivity contribution in [3.8, 4) is 22.6 Å². The summed E-state index contributed by atoms with van der Waals surface area (Å²) in [5.41, 5.74) is 0.235. The first-order chi connectivity index (χ1) is 17.0. The zero-order valence-corrected chi connectivity index (χ0v) is 21.0. The number of halogens is 3. The number of phenols is 1. The van der Waals surface area contributed by atoms with Crippen LogP contribution in [-0.4, -0.2) is 19.0 Å². The van der Waals surface area contributed by atoms with E-state index in [0.717, 1.165) is 85.6 Å². The molecule has 0 aromatic heterocycles. The van der Waals surface area contributed by atoms with E-state index in [-0.39, 0.29) is 16.6 Å². The lowest BCUT2D eigenvalue weighted by Gasteiger charge is -2.33. The van der Waals surface area contributed by atoms with Crippen molar-refractivity contribution in [2.45, 2.75) is 89.0 Å². The molecule has 4 aliphatic carbocycles. The summed E-state index contributed by atoms with van der Waals surface area (Å²) in [6.07, 6.45) is 12.9. The summed E-state index contributed by atoms with van der Waals surface area (Å²) in [5, 5.41) is 10.7. The minimum absolute atomic E-state index is 0.0659. The predicted octanol–water partition coefficient (Wildman–Crippen LogP) is 7.00. The van der Waals surface area contributed by atoms with Crippen molar-refractivity contribution in [1.82, 2.24) is 0 Å². The van der Waals surface area contributed by atoms with Crippen LogP contribution in [0.3, 0.4) is 0 Å². The Morgan fingerprint density at radius 1 is 0.694 bits per heavy atom. The van der Waals surface area contributed by atoms with Crippen molar-refractivity contribution in [3.63, 3.8) is 0 Å². The van der Waals surface area contributed by atoms with Crippen LogP contribution in [0.2, 0.25) is 0 Å². The van der Waals surface area contributed by atoms with Crippen LogP contribution >= 0.6 is 0 Å². The zero-order valence-electron chi connectivity index (χ0n) is 20.2. The molecule has 2 aromatic rings. The van der Waals surface area contributed by atoms with Gasteiger partial charge in [0.2, 0.25) is 0 Å². The van der Waals surface area contributed by atoms with Crippen molar-refractivity contribution < 1.29 is 30.9 Å². The van der Waals surface area contributed by atoms with E-state index < -0.39 is 15.6 Å². The van der Waals surface area contributed by atoms with Gasteiger partial charge in [0.25, 0.3) is 0 Å². The summed E-state index contributed by atoms with van der Waals surface area (Å²) < 4.78 is 68.0. The molecule has 0 atom stereocenters. The Morgan fingerprint density at radius 2 is 1.17 bits per heavy atom. The molecule has 0 unspecified atom stereocenters. The molecule has 4 aliphatic rings. The van der Waals surface area contributed by atoms with Crippen molar-refractivity contribution in [2.24, 2.45) is 10.8 Å². The fourth-order valence-corrected chi connectivity index (χ4v) is 8.14. The molecule has 0 aliphatic heterocycles. The van der Waals surface area contributed by atoms with Gasteiger partial charge in [0.05, 0.1) is 0 Å². The smallest absolute Gasteiger partial charge is 0.508 e. The molecule has 0 amide bonds. The molecule has 2 aromatic carbocycles. The number of alkyl halides is 3. The van der Waals surface area contributed by atoms with E-state index in [1.807, 2.05) is 6.07 Å². The molecule has 0 heterocycles. The van der Waals surface area contributed by atoms with E-state index in [0.29, 0.717) is 24.2 Å². The molecule has 8 heteroatoms. The Hall–Kier alpha value is -2.22. The SMILES string of the molecule is O=S(=O)(Oc1ccc(-c2ccc(O)c3c2CC2(CCCC2)C3)c2c1CC1(CCCCC1)C2)C(F)(F)F. The number of benzene rings is 2.